The summed E-state index contributed by atoms with van der Waals surface area (Å²) in [6.45, 7) is 8.41. The molecule has 2 heteroatoms. The summed E-state index contributed by atoms with van der Waals surface area (Å²) in [5.74, 6) is 1.90. The number of benzene rings is 2. The van der Waals surface area contributed by atoms with Crippen LogP contribution in [0.2, 0.25) is 0 Å². The molecule has 0 aliphatic heterocycles. The Hall–Kier alpha value is -1.80. The first-order chi connectivity index (χ1) is 10.2. The average Bonchev–Trinajstić information content (AvgIpc) is 2.50. The SMILES string of the molecule is CCCNCc1ccc(Oc2ccccc2CC)c(C)c1. The van der Waals surface area contributed by atoms with E-state index in [1.807, 2.05) is 12.1 Å². The summed E-state index contributed by atoms with van der Waals surface area (Å²) < 4.78 is 6.09. The predicted octanol–water partition coefficient (Wildman–Crippen LogP) is 4.85. The highest BCUT2D eigenvalue weighted by Gasteiger charge is 2.06. The molecule has 0 aliphatic carbocycles. The molecule has 0 unspecified atom stereocenters. The van der Waals surface area contributed by atoms with Crippen LogP contribution in [-0.2, 0) is 13.0 Å². The molecule has 2 aromatic rings. The van der Waals surface area contributed by atoms with Crippen LogP contribution < -0.4 is 10.1 Å². The quantitative estimate of drug-likeness (QED) is 0.733. The van der Waals surface area contributed by atoms with Crippen LogP contribution in [0.1, 0.15) is 37.0 Å². The summed E-state index contributed by atoms with van der Waals surface area (Å²) in [6, 6.07) is 14.6. The lowest BCUT2D eigenvalue weighted by Crippen LogP contribution is -2.13. The summed E-state index contributed by atoms with van der Waals surface area (Å²) >= 11 is 0. The van der Waals surface area contributed by atoms with Gasteiger partial charge in [-0.3, -0.25) is 0 Å². The Kier molecular flexibility index (Phi) is 5.82. The molecule has 0 saturated carbocycles. The number of rotatable bonds is 7. The minimum atomic E-state index is 0.917. The molecular weight excluding hydrogens is 258 g/mol. The fourth-order valence-corrected chi connectivity index (χ4v) is 2.36. The molecule has 1 N–H and O–H groups in total. The molecule has 21 heavy (non-hydrogen) atoms. The van der Waals surface area contributed by atoms with Gasteiger partial charge in [-0.25, -0.2) is 0 Å². The lowest BCUT2D eigenvalue weighted by molar-refractivity contribution is 0.473. The number of hydrogen-bond acceptors (Lipinski definition) is 2. The van der Waals surface area contributed by atoms with Crippen molar-refractivity contribution in [2.45, 2.75) is 40.2 Å². The van der Waals surface area contributed by atoms with Gasteiger partial charge in [-0.2, -0.15) is 0 Å². The molecular formula is C19H25NO. The summed E-state index contributed by atoms with van der Waals surface area (Å²) in [6.07, 6.45) is 2.14. The van der Waals surface area contributed by atoms with Crippen molar-refractivity contribution in [1.82, 2.24) is 5.32 Å². The van der Waals surface area contributed by atoms with Crippen LogP contribution in [0.3, 0.4) is 0 Å². The third kappa shape index (κ3) is 4.33. The molecule has 0 amide bonds. The molecule has 112 valence electrons. The van der Waals surface area contributed by atoms with Crippen LogP contribution in [-0.4, -0.2) is 6.54 Å². The van der Waals surface area contributed by atoms with Crippen LogP contribution in [0.5, 0.6) is 11.5 Å². The molecule has 0 heterocycles. The Morgan fingerprint density at radius 2 is 1.81 bits per heavy atom. The van der Waals surface area contributed by atoms with Crippen LogP contribution in [0.4, 0.5) is 0 Å². The molecule has 0 bridgehead atoms. The number of nitrogens with one attached hydrogen (secondary N) is 1. The monoisotopic (exact) mass is 283 g/mol. The summed E-state index contributed by atoms with van der Waals surface area (Å²) in [5.41, 5.74) is 3.72. The highest BCUT2D eigenvalue weighted by atomic mass is 16.5. The smallest absolute Gasteiger partial charge is 0.130 e. The molecule has 2 nitrogen and oxygen atoms in total. The molecule has 0 fully saturated rings. The van der Waals surface area contributed by atoms with Gasteiger partial charge in [-0.15, -0.1) is 0 Å². The fourth-order valence-electron chi connectivity index (χ4n) is 2.36. The molecule has 2 aromatic carbocycles. The summed E-state index contributed by atoms with van der Waals surface area (Å²) in [5, 5.41) is 3.43. The second kappa shape index (κ2) is 7.84. The average molecular weight is 283 g/mol. The highest BCUT2D eigenvalue weighted by molar-refractivity contribution is 5.42. The minimum absolute atomic E-state index is 0.917. The Bertz CT molecular complexity index is 578. The maximum absolute atomic E-state index is 6.09. The van der Waals surface area contributed by atoms with Crippen molar-refractivity contribution in [2.24, 2.45) is 0 Å². The molecule has 0 saturated heterocycles. The van der Waals surface area contributed by atoms with E-state index in [2.05, 4.69) is 56.4 Å². The van der Waals surface area contributed by atoms with Crippen molar-refractivity contribution in [2.75, 3.05) is 6.54 Å². The first-order valence-electron chi connectivity index (χ1n) is 7.80. The van der Waals surface area contributed by atoms with E-state index in [0.29, 0.717) is 0 Å². The van der Waals surface area contributed by atoms with E-state index in [1.54, 1.807) is 0 Å². The first-order valence-corrected chi connectivity index (χ1v) is 7.80. The van der Waals surface area contributed by atoms with Gasteiger partial charge in [-0.05, 0) is 55.1 Å². The topological polar surface area (TPSA) is 21.3 Å². The fraction of sp³-hybridized carbons (Fsp3) is 0.368. The van der Waals surface area contributed by atoms with Crippen LogP contribution in [0.15, 0.2) is 42.5 Å². The van der Waals surface area contributed by atoms with E-state index in [0.717, 1.165) is 37.4 Å². The lowest BCUT2D eigenvalue weighted by atomic mass is 10.1. The minimum Gasteiger partial charge on any atom is -0.457 e. The van der Waals surface area contributed by atoms with E-state index >= 15 is 0 Å². The van der Waals surface area contributed by atoms with Gasteiger partial charge >= 0.3 is 0 Å². The first kappa shape index (κ1) is 15.6. The molecule has 0 spiro atoms. The Morgan fingerprint density at radius 3 is 2.52 bits per heavy atom. The van der Waals surface area contributed by atoms with Crippen LogP contribution >= 0.6 is 0 Å². The van der Waals surface area contributed by atoms with Gasteiger partial charge in [0.15, 0.2) is 0 Å². The third-order valence-corrected chi connectivity index (χ3v) is 3.57. The molecule has 2 rings (SSSR count). The largest absolute Gasteiger partial charge is 0.457 e. The van der Waals surface area contributed by atoms with Crippen molar-refractivity contribution in [3.05, 3.63) is 59.2 Å². The Morgan fingerprint density at radius 1 is 1.00 bits per heavy atom. The predicted molar refractivity (Wildman–Crippen MR) is 89.1 cm³/mol. The highest BCUT2D eigenvalue weighted by Crippen LogP contribution is 2.28. The van der Waals surface area contributed by atoms with Gasteiger partial charge in [0.1, 0.15) is 11.5 Å². The second-order valence-electron chi connectivity index (χ2n) is 5.34. The van der Waals surface area contributed by atoms with Crippen LogP contribution in [0, 0.1) is 6.92 Å². The van der Waals surface area contributed by atoms with Gasteiger partial charge < -0.3 is 10.1 Å². The van der Waals surface area contributed by atoms with E-state index in [-0.39, 0.29) is 0 Å². The summed E-state index contributed by atoms with van der Waals surface area (Å²) in [7, 11) is 0. The summed E-state index contributed by atoms with van der Waals surface area (Å²) in [4.78, 5) is 0. The van der Waals surface area contributed by atoms with E-state index in [1.165, 1.54) is 16.7 Å². The van der Waals surface area contributed by atoms with Crippen LogP contribution in [0.25, 0.3) is 0 Å². The van der Waals surface area contributed by atoms with Crippen molar-refractivity contribution >= 4 is 0 Å². The molecule has 0 radical (unpaired) electrons. The van der Waals surface area contributed by atoms with Crippen molar-refractivity contribution in [1.29, 1.82) is 0 Å². The molecule has 0 aliphatic rings. The van der Waals surface area contributed by atoms with Gasteiger partial charge in [0, 0.05) is 6.54 Å². The number of para-hydroxylation sites is 1. The maximum Gasteiger partial charge on any atom is 0.130 e. The molecule has 0 aromatic heterocycles. The maximum atomic E-state index is 6.09. The van der Waals surface area contributed by atoms with Gasteiger partial charge in [0.05, 0.1) is 0 Å². The number of hydrogen-bond donors (Lipinski definition) is 1. The van der Waals surface area contributed by atoms with Gasteiger partial charge in [0.2, 0.25) is 0 Å². The zero-order chi connectivity index (χ0) is 15.1. The normalized spacial score (nSPS) is 10.6. The number of ether oxygens (including phenoxy) is 1. The third-order valence-electron chi connectivity index (χ3n) is 3.57. The number of aryl methyl sites for hydroxylation is 2. The second-order valence-corrected chi connectivity index (χ2v) is 5.34. The zero-order valence-electron chi connectivity index (χ0n) is 13.3. The van der Waals surface area contributed by atoms with E-state index in [4.69, 9.17) is 4.74 Å². The van der Waals surface area contributed by atoms with E-state index in [9.17, 15) is 0 Å². The lowest BCUT2D eigenvalue weighted by Gasteiger charge is -2.13. The Balaban J connectivity index is 2.10. The van der Waals surface area contributed by atoms with Crippen molar-refractivity contribution in [3.8, 4) is 11.5 Å². The molecule has 0 atom stereocenters. The standard InChI is InChI=1S/C19H25NO/c1-4-12-20-14-16-10-11-18(15(3)13-16)21-19-9-7-6-8-17(19)5-2/h6-11,13,20H,4-5,12,14H2,1-3H3. The Labute approximate surface area is 128 Å². The zero-order valence-corrected chi connectivity index (χ0v) is 13.3. The van der Waals surface area contributed by atoms with Crippen molar-refractivity contribution < 1.29 is 4.74 Å². The van der Waals surface area contributed by atoms with E-state index < -0.39 is 0 Å². The van der Waals surface area contributed by atoms with Gasteiger partial charge in [0.25, 0.3) is 0 Å². The van der Waals surface area contributed by atoms with Crippen molar-refractivity contribution in [3.63, 3.8) is 0 Å². The van der Waals surface area contributed by atoms with Gasteiger partial charge in [-0.1, -0.05) is 44.2 Å².